The van der Waals surface area contributed by atoms with Crippen LogP contribution in [-0.2, 0) is 11.2 Å². The molecule has 0 unspecified atom stereocenters. The Kier molecular flexibility index (Phi) is 4.45. The summed E-state index contributed by atoms with van der Waals surface area (Å²) in [6, 6.07) is 7.99. The van der Waals surface area contributed by atoms with Crippen molar-refractivity contribution in [2.45, 2.75) is 45.1 Å². The Hall–Kier alpha value is -2.69. The number of aromatic nitrogens is 2. The standard InChI is InChI=1S/C21H23N3O2/c1-14(2)18-13-26-21(23-18)19-8-5-9-24(19)20(25)10-16-12-22-11-15-6-3-4-7-17(15)16/h3-4,6-7,11-14,19H,5,8-10H2,1-2H3/t19-/m0/s1. The SMILES string of the molecule is CC(C)c1coc([C@@H]2CCCN2C(=O)Cc2cncc3ccccc23)n1. The van der Waals surface area contributed by atoms with Crippen LogP contribution < -0.4 is 0 Å². The molecule has 1 amide bonds. The Balaban J connectivity index is 1.56. The summed E-state index contributed by atoms with van der Waals surface area (Å²) in [7, 11) is 0. The lowest BCUT2D eigenvalue weighted by atomic mass is 10.0. The lowest BCUT2D eigenvalue weighted by Crippen LogP contribution is -2.32. The van der Waals surface area contributed by atoms with Crippen molar-refractivity contribution in [3.63, 3.8) is 0 Å². The van der Waals surface area contributed by atoms with Gasteiger partial charge in [0.15, 0.2) is 0 Å². The summed E-state index contributed by atoms with van der Waals surface area (Å²) < 4.78 is 5.69. The van der Waals surface area contributed by atoms with Crippen molar-refractivity contribution in [3.05, 3.63) is 60.1 Å². The molecule has 0 radical (unpaired) electrons. The highest BCUT2D eigenvalue weighted by Gasteiger charge is 2.33. The Morgan fingerprint density at radius 2 is 2.15 bits per heavy atom. The van der Waals surface area contributed by atoms with Gasteiger partial charge < -0.3 is 9.32 Å². The minimum Gasteiger partial charge on any atom is -0.446 e. The van der Waals surface area contributed by atoms with Gasteiger partial charge in [-0.1, -0.05) is 38.1 Å². The van der Waals surface area contributed by atoms with Crippen LogP contribution in [0.4, 0.5) is 0 Å². The van der Waals surface area contributed by atoms with E-state index in [1.807, 2.05) is 35.4 Å². The lowest BCUT2D eigenvalue weighted by molar-refractivity contribution is -0.131. The zero-order valence-electron chi connectivity index (χ0n) is 15.2. The van der Waals surface area contributed by atoms with Gasteiger partial charge >= 0.3 is 0 Å². The predicted molar refractivity (Wildman–Crippen MR) is 99.7 cm³/mol. The van der Waals surface area contributed by atoms with Gasteiger partial charge in [-0.15, -0.1) is 0 Å². The molecule has 1 atom stereocenters. The predicted octanol–water partition coefficient (Wildman–Crippen LogP) is 4.25. The summed E-state index contributed by atoms with van der Waals surface area (Å²) in [5.74, 6) is 1.09. The normalized spacial score (nSPS) is 17.3. The Morgan fingerprint density at radius 3 is 2.96 bits per heavy atom. The molecule has 26 heavy (non-hydrogen) atoms. The smallest absolute Gasteiger partial charge is 0.227 e. The summed E-state index contributed by atoms with van der Waals surface area (Å²) in [5.41, 5.74) is 1.91. The Bertz CT molecular complexity index is 926. The Morgan fingerprint density at radius 1 is 1.31 bits per heavy atom. The van der Waals surface area contributed by atoms with Crippen LogP contribution in [0, 0.1) is 0 Å². The molecule has 5 heteroatoms. The second-order valence-electron chi connectivity index (χ2n) is 7.21. The monoisotopic (exact) mass is 349 g/mol. The van der Waals surface area contributed by atoms with Crippen molar-refractivity contribution in [1.29, 1.82) is 0 Å². The molecule has 134 valence electrons. The zero-order chi connectivity index (χ0) is 18.1. The van der Waals surface area contributed by atoms with E-state index >= 15 is 0 Å². The number of carbonyl (C=O) groups excluding carboxylic acids is 1. The molecular weight excluding hydrogens is 326 g/mol. The largest absolute Gasteiger partial charge is 0.446 e. The van der Waals surface area contributed by atoms with E-state index in [4.69, 9.17) is 4.42 Å². The van der Waals surface area contributed by atoms with Crippen molar-refractivity contribution in [3.8, 4) is 0 Å². The van der Waals surface area contributed by atoms with Gasteiger partial charge in [-0.05, 0) is 29.7 Å². The Labute approximate surface area is 153 Å². The molecule has 0 N–H and O–H groups in total. The number of pyridine rings is 1. The van der Waals surface area contributed by atoms with Crippen LogP contribution in [-0.4, -0.2) is 27.3 Å². The third-order valence-corrected chi connectivity index (χ3v) is 5.08. The van der Waals surface area contributed by atoms with Crippen molar-refractivity contribution >= 4 is 16.7 Å². The van der Waals surface area contributed by atoms with Crippen LogP contribution in [0.2, 0.25) is 0 Å². The van der Waals surface area contributed by atoms with E-state index in [-0.39, 0.29) is 11.9 Å². The van der Waals surface area contributed by atoms with Gasteiger partial charge in [0.1, 0.15) is 12.3 Å². The van der Waals surface area contributed by atoms with E-state index in [0.717, 1.165) is 41.4 Å². The van der Waals surface area contributed by atoms with Crippen LogP contribution in [0.1, 0.15) is 55.8 Å². The second kappa shape index (κ2) is 6.90. The number of amides is 1. The first-order valence-corrected chi connectivity index (χ1v) is 9.20. The topological polar surface area (TPSA) is 59.2 Å². The van der Waals surface area contributed by atoms with Crippen molar-refractivity contribution in [2.24, 2.45) is 0 Å². The number of hydrogen-bond donors (Lipinski definition) is 0. The average Bonchev–Trinajstić information content (AvgIpc) is 3.31. The number of carbonyl (C=O) groups is 1. The van der Waals surface area contributed by atoms with Gasteiger partial charge in [-0.25, -0.2) is 4.98 Å². The van der Waals surface area contributed by atoms with Gasteiger partial charge in [0.25, 0.3) is 0 Å². The van der Waals surface area contributed by atoms with E-state index in [1.54, 1.807) is 12.5 Å². The summed E-state index contributed by atoms with van der Waals surface area (Å²) >= 11 is 0. The summed E-state index contributed by atoms with van der Waals surface area (Å²) in [6.45, 7) is 4.93. The number of rotatable bonds is 4. The number of fused-ring (bicyclic) bond motifs is 1. The highest BCUT2D eigenvalue weighted by molar-refractivity contribution is 5.89. The van der Waals surface area contributed by atoms with Gasteiger partial charge in [0.2, 0.25) is 11.8 Å². The number of oxazole rings is 1. The summed E-state index contributed by atoms with van der Waals surface area (Å²) in [4.78, 5) is 23.8. The first kappa shape index (κ1) is 16.8. The van der Waals surface area contributed by atoms with Crippen molar-refractivity contribution < 1.29 is 9.21 Å². The third kappa shape index (κ3) is 3.09. The van der Waals surface area contributed by atoms with Gasteiger partial charge in [0.05, 0.1) is 12.1 Å². The maximum atomic E-state index is 13.0. The van der Waals surface area contributed by atoms with Gasteiger partial charge in [-0.3, -0.25) is 9.78 Å². The first-order chi connectivity index (χ1) is 12.6. The lowest BCUT2D eigenvalue weighted by Gasteiger charge is -2.22. The molecule has 0 bridgehead atoms. The van der Waals surface area contributed by atoms with Gasteiger partial charge in [-0.2, -0.15) is 0 Å². The maximum Gasteiger partial charge on any atom is 0.227 e. The summed E-state index contributed by atoms with van der Waals surface area (Å²) in [5, 5.41) is 2.15. The number of likely N-dealkylation sites (tertiary alicyclic amines) is 1. The molecule has 3 aromatic rings. The molecule has 3 heterocycles. The molecule has 4 rings (SSSR count). The van der Waals surface area contributed by atoms with E-state index in [9.17, 15) is 4.79 Å². The highest BCUT2D eigenvalue weighted by Crippen LogP contribution is 2.33. The molecule has 1 aliphatic rings. The molecular formula is C21H23N3O2. The third-order valence-electron chi connectivity index (χ3n) is 5.08. The molecule has 2 aromatic heterocycles. The average molecular weight is 349 g/mol. The van der Waals surface area contributed by atoms with Crippen LogP contribution in [0.15, 0.2) is 47.3 Å². The fourth-order valence-corrected chi connectivity index (χ4v) is 3.63. The fraction of sp³-hybridized carbons (Fsp3) is 0.381. The molecule has 0 aliphatic carbocycles. The minimum atomic E-state index is -0.0575. The minimum absolute atomic E-state index is 0.0575. The number of hydrogen-bond acceptors (Lipinski definition) is 4. The molecule has 0 spiro atoms. The molecule has 1 fully saturated rings. The highest BCUT2D eigenvalue weighted by atomic mass is 16.3. The fourth-order valence-electron chi connectivity index (χ4n) is 3.63. The summed E-state index contributed by atoms with van der Waals surface area (Å²) in [6.07, 6.45) is 7.58. The number of nitrogens with zero attached hydrogens (tertiary/aromatic N) is 3. The van der Waals surface area contributed by atoms with Crippen LogP contribution in [0.3, 0.4) is 0 Å². The van der Waals surface area contributed by atoms with Crippen molar-refractivity contribution in [2.75, 3.05) is 6.54 Å². The van der Waals surface area contributed by atoms with E-state index in [1.165, 1.54) is 0 Å². The van der Waals surface area contributed by atoms with E-state index in [2.05, 4.69) is 23.8 Å². The van der Waals surface area contributed by atoms with Crippen LogP contribution in [0.5, 0.6) is 0 Å². The van der Waals surface area contributed by atoms with Crippen LogP contribution >= 0.6 is 0 Å². The molecule has 1 aliphatic heterocycles. The molecule has 1 aromatic carbocycles. The quantitative estimate of drug-likeness (QED) is 0.706. The molecule has 5 nitrogen and oxygen atoms in total. The number of benzene rings is 1. The maximum absolute atomic E-state index is 13.0. The van der Waals surface area contributed by atoms with Crippen LogP contribution in [0.25, 0.3) is 10.8 Å². The molecule has 1 saturated heterocycles. The zero-order valence-corrected chi connectivity index (χ0v) is 15.2. The molecule has 0 saturated carbocycles. The first-order valence-electron chi connectivity index (χ1n) is 9.20. The van der Waals surface area contributed by atoms with E-state index in [0.29, 0.717) is 18.2 Å². The van der Waals surface area contributed by atoms with Gasteiger partial charge in [0, 0.05) is 24.3 Å². The second-order valence-corrected chi connectivity index (χ2v) is 7.21. The van der Waals surface area contributed by atoms with Crippen molar-refractivity contribution in [1.82, 2.24) is 14.9 Å². The van der Waals surface area contributed by atoms with E-state index < -0.39 is 0 Å².